The SMILES string of the molecule is CC1Oc2ccc(-c3csc(-c4ccccc4)n3)cc2N(CCOc2ccc(Cl)cc2)C1=O. The van der Waals surface area contributed by atoms with Crippen molar-refractivity contribution in [2.75, 3.05) is 18.1 Å². The predicted octanol–water partition coefficient (Wildman–Crippen LogP) is 6.32. The lowest BCUT2D eigenvalue weighted by molar-refractivity contribution is -0.125. The second-order valence-corrected chi connectivity index (χ2v) is 8.93. The van der Waals surface area contributed by atoms with E-state index >= 15 is 0 Å². The molecule has 0 saturated carbocycles. The van der Waals surface area contributed by atoms with Gasteiger partial charge in [0.25, 0.3) is 5.91 Å². The zero-order chi connectivity index (χ0) is 22.8. The number of fused-ring (bicyclic) bond motifs is 1. The van der Waals surface area contributed by atoms with Gasteiger partial charge in [-0.25, -0.2) is 4.98 Å². The van der Waals surface area contributed by atoms with Crippen LogP contribution >= 0.6 is 22.9 Å². The van der Waals surface area contributed by atoms with E-state index in [4.69, 9.17) is 26.1 Å². The molecule has 1 aliphatic rings. The Morgan fingerprint density at radius 2 is 1.85 bits per heavy atom. The summed E-state index contributed by atoms with van der Waals surface area (Å²) in [5.41, 5.74) is 3.61. The molecule has 0 aliphatic carbocycles. The van der Waals surface area contributed by atoms with Crippen molar-refractivity contribution < 1.29 is 14.3 Å². The molecule has 5 nitrogen and oxygen atoms in total. The predicted molar refractivity (Wildman–Crippen MR) is 132 cm³/mol. The Balaban J connectivity index is 1.39. The summed E-state index contributed by atoms with van der Waals surface area (Å²) < 4.78 is 11.7. The number of carbonyl (C=O) groups excluding carboxylic acids is 1. The van der Waals surface area contributed by atoms with E-state index in [1.54, 1.807) is 35.3 Å². The maximum absolute atomic E-state index is 12.9. The van der Waals surface area contributed by atoms with Crippen molar-refractivity contribution in [3.8, 4) is 33.3 Å². The van der Waals surface area contributed by atoms with E-state index in [2.05, 4.69) is 0 Å². The number of ether oxygens (including phenoxy) is 2. The Bertz CT molecular complexity index is 1270. The van der Waals surface area contributed by atoms with Crippen molar-refractivity contribution in [1.29, 1.82) is 0 Å². The average molecular weight is 477 g/mol. The summed E-state index contributed by atoms with van der Waals surface area (Å²) in [6.45, 7) is 2.51. The molecule has 4 aromatic rings. The molecule has 0 spiro atoms. The summed E-state index contributed by atoms with van der Waals surface area (Å²) in [5, 5.41) is 3.64. The van der Waals surface area contributed by atoms with Gasteiger partial charge in [-0.15, -0.1) is 11.3 Å². The fourth-order valence-electron chi connectivity index (χ4n) is 3.70. The summed E-state index contributed by atoms with van der Waals surface area (Å²) in [7, 11) is 0. The number of rotatable bonds is 6. The number of carbonyl (C=O) groups is 1. The number of halogens is 1. The summed E-state index contributed by atoms with van der Waals surface area (Å²) >= 11 is 7.53. The van der Waals surface area contributed by atoms with Crippen LogP contribution in [-0.2, 0) is 4.79 Å². The summed E-state index contributed by atoms with van der Waals surface area (Å²) in [5.74, 6) is 1.29. The molecule has 3 aromatic carbocycles. The van der Waals surface area contributed by atoms with Gasteiger partial charge < -0.3 is 14.4 Å². The molecule has 0 N–H and O–H groups in total. The minimum absolute atomic E-state index is 0.0948. The molecule has 1 unspecified atom stereocenters. The van der Waals surface area contributed by atoms with Gasteiger partial charge in [-0.3, -0.25) is 4.79 Å². The Morgan fingerprint density at radius 3 is 2.64 bits per heavy atom. The van der Waals surface area contributed by atoms with E-state index in [-0.39, 0.29) is 5.91 Å². The minimum atomic E-state index is -0.553. The lowest BCUT2D eigenvalue weighted by Gasteiger charge is -2.33. The lowest BCUT2D eigenvalue weighted by atomic mass is 10.1. The monoisotopic (exact) mass is 476 g/mol. The van der Waals surface area contributed by atoms with Crippen molar-refractivity contribution in [2.24, 2.45) is 0 Å². The van der Waals surface area contributed by atoms with Crippen molar-refractivity contribution in [2.45, 2.75) is 13.0 Å². The van der Waals surface area contributed by atoms with Crippen LogP contribution in [-0.4, -0.2) is 30.1 Å². The molecule has 1 atom stereocenters. The highest BCUT2D eigenvalue weighted by Gasteiger charge is 2.31. The van der Waals surface area contributed by atoms with Crippen LogP contribution < -0.4 is 14.4 Å². The first kappa shape index (κ1) is 21.5. The third-order valence-corrected chi connectivity index (χ3v) is 6.53. The number of hydrogen-bond acceptors (Lipinski definition) is 5. The topological polar surface area (TPSA) is 51.7 Å². The van der Waals surface area contributed by atoms with Gasteiger partial charge in [-0.05, 0) is 49.4 Å². The number of anilines is 1. The molecule has 2 heterocycles. The highest BCUT2D eigenvalue weighted by Crippen LogP contribution is 2.38. The van der Waals surface area contributed by atoms with Crippen molar-refractivity contribution >= 4 is 34.5 Å². The maximum atomic E-state index is 12.9. The summed E-state index contributed by atoms with van der Waals surface area (Å²) in [4.78, 5) is 19.5. The molecule has 7 heteroatoms. The van der Waals surface area contributed by atoms with Crippen LogP contribution in [0, 0.1) is 0 Å². The largest absolute Gasteiger partial charge is 0.492 e. The fraction of sp³-hybridized carbons (Fsp3) is 0.154. The number of hydrogen-bond donors (Lipinski definition) is 0. The molecule has 0 fully saturated rings. The third-order valence-electron chi connectivity index (χ3n) is 5.39. The summed E-state index contributed by atoms with van der Waals surface area (Å²) in [6, 6.07) is 23.1. The molecule has 1 aliphatic heterocycles. The van der Waals surface area contributed by atoms with Gasteiger partial charge in [-0.2, -0.15) is 0 Å². The number of benzene rings is 3. The van der Waals surface area contributed by atoms with Gasteiger partial charge in [0.05, 0.1) is 17.9 Å². The fourth-order valence-corrected chi connectivity index (χ4v) is 4.66. The standard InChI is InChI=1S/C26H21ClN2O3S/c1-17-26(30)29(13-14-31-21-10-8-20(27)9-11-21)23-15-19(7-12-24(23)32-17)22-16-33-25(28-22)18-5-3-2-4-6-18/h2-12,15-17H,13-14H2,1H3. The van der Waals surface area contributed by atoms with Gasteiger partial charge in [0.2, 0.25) is 0 Å². The molecular formula is C26H21ClN2O3S. The van der Waals surface area contributed by atoms with Crippen LogP contribution in [0.2, 0.25) is 5.02 Å². The van der Waals surface area contributed by atoms with Crippen LogP contribution in [0.1, 0.15) is 6.92 Å². The van der Waals surface area contributed by atoms with Gasteiger partial charge in [0.15, 0.2) is 6.10 Å². The molecule has 0 bridgehead atoms. The van der Waals surface area contributed by atoms with E-state index in [9.17, 15) is 4.79 Å². The van der Waals surface area contributed by atoms with Crippen LogP contribution in [0.5, 0.6) is 11.5 Å². The molecular weight excluding hydrogens is 456 g/mol. The Hall–Kier alpha value is -3.35. The number of aromatic nitrogens is 1. The average Bonchev–Trinajstić information content (AvgIpc) is 3.33. The maximum Gasteiger partial charge on any atom is 0.267 e. The Kier molecular flexibility index (Phi) is 6.03. The molecule has 0 radical (unpaired) electrons. The Morgan fingerprint density at radius 1 is 1.06 bits per heavy atom. The molecule has 33 heavy (non-hydrogen) atoms. The first-order chi connectivity index (χ1) is 16.1. The normalized spacial score (nSPS) is 15.2. The molecule has 1 amide bonds. The second kappa shape index (κ2) is 9.25. The van der Waals surface area contributed by atoms with E-state index in [0.29, 0.717) is 29.7 Å². The van der Waals surface area contributed by atoms with Gasteiger partial charge in [0, 0.05) is 21.5 Å². The van der Waals surface area contributed by atoms with Crippen LogP contribution in [0.15, 0.2) is 78.2 Å². The van der Waals surface area contributed by atoms with Crippen molar-refractivity contribution in [3.63, 3.8) is 0 Å². The lowest BCUT2D eigenvalue weighted by Crippen LogP contribution is -2.46. The number of amides is 1. The molecule has 166 valence electrons. The number of nitrogens with zero attached hydrogens (tertiary/aromatic N) is 2. The van der Waals surface area contributed by atoms with E-state index in [1.165, 1.54) is 0 Å². The number of thiazole rings is 1. The van der Waals surface area contributed by atoms with Crippen LogP contribution in [0.3, 0.4) is 0 Å². The Labute approximate surface area is 201 Å². The van der Waals surface area contributed by atoms with Crippen LogP contribution in [0.4, 0.5) is 5.69 Å². The third kappa shape index (κ3) is 4.58. The highest BCUT2D eigenvalue weighted by atomic mass is 35.5. The zero-order valence-electron chi connectivity index (χ0n) is 17.9. The molecule has 5 rings (SSSR count). The van der Waals surface area contributed by atoms with Crippen molar-refractivity contribution in [1.82, 2.24) is 4.98 Å². The quantitative estimate of drug-likeness (QED) is 0.326. The van der Waals surface area contributed by atoms with Crippen LogP contribution in [0.25, 0.3) is 21.8 Å². The highest BCUT2D eigenvalue weighted by molar-refractivity contribution is 7.13. The smallest absolute Gasteiger partial charge is 0.267 e. The molecule has 1 aromatic heterocycles. The minimum Gasteiger partial charge on any atom is -0.492 e. The first-order valence-electron chi connectivity index (χ1n) is 10.6. The molecule has 0 saturated heterocycles. The first-order valence-corrected chi connectivity index (χ1v) is 11.9. The van der Waals surface area contributed by atoms with E-state index in [1.807, 2.05) is 66.0 Å². The van der Waals surface area contributed by atoms with Gasteiger partial charge >= 0.3 is 0 Å². The van der Waals surface area contributed by atoms with Gasteiger partial charge in [-0.1, -0.05) is 41.9 Å². The summed E-state index contributed by atoms with van der Waals surface area (Å²) in [6.07, 6.45) is -0.553. The zero-order valence-corrected chi connectivity index (χ0v) is 19.5. The van der Waals surface area contributed by atoms with E-state index in [0.717, 1.165) is 27.5 Å². The van der Waals surface area contributed by atoms with Gasteiger partial charge in [0.1, 0.15) is 23.1 Å². The second-order valence-electron chi connectivity index (χ2n) is 7.64. The van der Waals surface area contributed by atoms with Crippen molar-refractivity contribution in [3.05, 3.63) is 83.2 Å². The van der Waals surface area contributed by atoms with E-state index < -0.39 is 6.10 Å².